The highest BCUT2D eigenvalue weighted by atomic mass is 19.1. The van der Waals surface area contributed by atoms with E-state index < -0.39 is 0 Å². The lowest BCUT2D eigenvalue weighted by atomic mass is 10.0. The van der Waals surface area contributed by atoms with E-state index in [1.807, 2.05) is 12.1 Å². The van der Waals surface area contributed by atoms with Gasteiger partial charge in [-0.2, -0.15) is 0 Å². The number of hydrogen-bond acceptors (Lipinski definition) is 3. The minimum atomic E-state index is -0.164. The number of fused-ring (bicyclic) bond motifs is 1. The van der Waals surface area contributed by atoms with Gasteiger partial charge >= 0.3 is 0 Å². The number of hydrogen-bond donors (Lipinski definition) is 0. The van der Waals surface area contributed by atoms with Crippen LogP contribution in [-0.4, -0.2) is 31.6 Å². The first-order chi connectivity index (χ1) is 12.0. The summed E-state index contributed by atoms with van der Waals surface area (Å²) in [6.45, 7) is 7.28. The molecule has 1 heterocycles. The zero-order chi connectivity index (χ0) is 18.0. The summed E-state index contributed by atoms with van der Waals surface area (Å²) in [5.41, 5.74) is 2.84. The molecule has 1 radical (unpaired) electrons. The highest BCUT2D eigenvalue weighted by Crippen LogP contribution is 2.46. The standard InChI is InChI=1S/C21H27FN3/c1-16(2)24-15-25(21-18(22)11-8-12-20(21)24)19(13-14-23(3)4)17-9-6-5-7-10-17/h5-12,15-16,19H,13-14H2,1-4H3. The van der Waals surface area contributed by atoms with Crippen molar-refractivity contribution in [2.45, 2.75) is 32.4 Å². The molecule has 0 spiro atoms. The molecule has 0 bridgehead atoms. The molecule has 133 valence electrons. The Morgan fingerprint density at radius 1 is 0.960 bits per heavy atom. The summed E-state index contributed by atoms with van der Waals surface area (Å²) in [7, 11) is 4.15. The quantitative estimate of drug-likeness (QED) is 0.756. The summed E-state index contributed by atoms with van der Waals surface area (Å²) in [5.74, 6) is -0.164. The third-order valence-electron chi connectivity index (χ3n) is 4.68. The second-order valence-electron chi connectivity index (χ2n) is 7.15. The minimum Gasteiger partial charge on any atom is -0.344 e. The summed E-state index contributed by atoms with van der Waals surface area (Å²) in [6, 6.07) is 16.1. The lowest BCUT2D eigenvalue weighted by molar-refractivity contribution is 0.379. The predicted molar refractivity (Wildman–Crippen MR) is 103 cm³/mol. The van der Waals surface area contributed by atoms with Crippen LogP contribution in [0.1, 0.15) is 31.9 Å². The SMILES string of the molecule is CC(C)N1[CH]N(C(CCN(C)C)c2ccccc2)c2c(F)cccc21. The molecular weight excluding hydrogens is 313 g/mol. The maximum atomic E-state index is 14.8. The number of nitrogens with zero attached hydrogens (tertiary/aromatic N) is 3. The van der Waals surface area contributed by atoms with Gasteiger partial charge in [0.25, 0.3) is 0 Å². The molecule has 0 aliphatic carbocycles. The van der Waals surface area contributed by atoms with Crippen LogP contribution < -0.4 is 9.80 Å². The van der Waals surface area contributed by atoms with Crippen LogP contribution in [0.2, 0.25) is 0 Å². The average Bonchev–Trinajstić information content (AvgIpc) is 2.97. The van der Waals surface area contributed by atoms with Crippen molar-refractivity contribution < 1.29 is 4.39 Å². The smallest absolute Gasteiger partial charge is 0.148 e. The van der Waals surface area contributed by atoms with Gasteiger partial charge in [0.15, 0.2) is 0 Å². The number of anilines is 2. The first-order valence-electron chi connectivity index (χ1n) is 8.89. The fourth-order valence-electron chi connectivity index (χ4n) is 3.39. The van der Waals surface area contributed by atoms with Crippen LogP contribution in [0.25, 0.3) is 0 Å². The fraction of sp³-hybridized carbons (Fsp3) is 0.381. The maximum Gasteiger partial charge on any atom is 0.148 e. The number of halogens is 1. The average molecular weight is 340 g/mol. The van der Waals surface area contributed by atoms with Crippen molar-refractivity contribution in [1.82, 2.24) is 4.90 Å². The van der Waals surface area contributed by atoms with Crippen molar-refractivity contribution in [3.05, 3.63) is 66.6 Å². The summed E-state index contributed by atoms with van der Waals surface area (Å²) < 4.78 is 14.8. The van der Waals surface area contributed by atoms with Gasteiger partial charge in [0.1, 0.15) is 12.5 Å². The molecule has 0 saturated carbocycles. The fourth-order valence-corrected chi connectivity index (χ4v) is 3.39. The monoisotopic (exact) mass is 340 g/mol. The van der Waals surface area contributed by atoms with Crippen molar-refractivity contribution in [2.24, 2.45) is 0 Å². The zero-order valence-electron chi connectivity index (χ0n) is 15.5. The summed E-state index contributed by atoms with van der Waals surface area (Å²) in [4.78, 5) is 6.45. The molecule has 1 unspecified atom stereocenters. The van der Waals surface area contributed by atoms with Gasteiger partial charge in [-0.1, -0.05) is 36.4 Å². The molecule has 0 aromatic heterocycles. The molecule has 1 aliphatic heterocycles. The predicted octanol–water partition coefficient (Wildman–Crippen LogP) is 4.67. The van der Waals surface area contributed by atoms with E-state index in [2.05, 4.69) is 73.6 Å². The van der Waals surface area contributed by atoms with Gasteiger partial charge in [-0.05, 0) is 58.6 Å². The Hall–Kier alpha value is -2.07. The molecule has 2 aromatic rings. The molecule has 0 N–H and O–H groups in total. The molecule has 25 heavy (non-hydrogen) atoms. The number of para-hydroxylation sites is 1. The second-order valence-corrected chi connectivity index (χ2v) is 7.15. The minimum absolute atomic E-state index is 0.1000. The van der Waals surface area contributed by atoms with Gasteiger partial charge in [-0.25, -0.2) is 4.39 Å². The highest BCUT2D eigenvalue weighted by Gasteiger charge is 2.35. The van der Waals surface area contributed by atoms with Crippen LogP contribution in [-0.2, 0) is 0 Å². The van der Waals surface area contributed by atoms with Crippen LogP contribution in [0.3, 0.4) is 0 Å². The van der Waals surface area contributed by atoms with E-state index in [1.165, 1.54) is 5.56 Å². The van der Waals surface area contributed by atoms with Gasteiger partial charge in [-0.3, -0.25) is 0 Å². The van der Waals surface area contributed by atoms with Crippen LogP contribution in [0.15, 0.2) is 48.5 Å². The molecular formula is C21H27FN3. The van der Waals surface area contributed by atoms with Gasteiger partial charge in [0.05, 0.1) is 17.4 Å². The Morgan fingerprint density at radius 3 is 2.32 bits per heavy atom. The van der Waals surface area contributed by atoms with Crippen LogP contribution in [0.5, 0.6) is 0 Å². The Bertz CT molecular complexity index is 700. The topological polar surface area (TPSA) is 9.72 Å². The Labute approximate surface area is 150 Å². The molecule has 0 amide bonds. The highest BCUT2D eigenvalue weighted by molar-refractivity contribution is 5.80. The largest absolute Gasteiger partial charge is 0.344 e. The van der Waals surface area contributed by atoms with Crippen molar-refractivity contribution in [2.75, 3.05) is 30.4 Å². The molecule has 0 saturated heterocycles. The van der Waals surface area contributed by atoms with Crippen LogP contribution >= 0.6 is 0 Å². The third kappa shape index (κ3) is 3.64. The van der Waals surface area contributed by atoms with E-state index in [0.717, 1.165) is 18.7 Å². The van der Waals surface area contributed by atoms with E-state index in [0.29, 0.717) is 5.69 Å². The summed E-state index contributed by atoms with van der Waals surface area (Å²) in [5, 5.41) is 0. The lowest BCUT2D eigenvalue weighted by Gasteiger charge is -2.32. The molecule has 1 aliphatic rings. The Balaban J connectivity index is 2.02. The molecule has 3 rings (SSSR count). The second kappa shape index (κ2) is 7.44. The van der Waals surface area contributed by atoms with Crippen molar-refractivity contribution in [3.8, 4) is 0 Å². The molecule has 3 nitrogen and oxygen atoms in total. The first-order valence-corrected chi connectivity index (χ1v) is 8.89. The maximum absolute atomic E-state index is 14.8. The Kier molecular flexibility index (Phi) is 5.28. The Morgan fingerprint density at radius 2 is 1.68 bits per heavy atom. The first kappa shape index (κ1) is 17.7. The van der Waals surface area contributed by atoms with E-state index >= 15 is 0 Å². The normalized spacial score (nSPS) is 15.2. The zero-order valence-corrected chi connectivity index (χ0v) is 15.5. The van der Waals surface area contributed by atoms with Crippen LogP contribution in [0.4, 0.5) is 15.8 Å². The van der Waals surface area contributed by atoms with Crippen molar-refractivity contribution >= 4 is 11.4 Å². The van der Waals surface area contributed by atoms with Gasteiger partial charge in [-0.15, -0.1) is 0 Å². The number of benzene rings is 2. The third-order valence-corrected chi connectivity index (χ3v) is 4.68. The molecule has 0 fully saturated rings. The summed E-state index contributed by atoms with van der Waals surface area (Å²) in [6.07, 6.45) is 0.924. The van der Waals surface area contributed by atoms with E-state index in [9.17, 15) is 4.39 Å². The van der Waals surface area contributed by atoms with Gasteiger partial charge in [0.2, 0.25) is 0 Å². The van der Waals surface area contributed by atoms with E-state index in [1.54, 1.807) is 12.1 Å². The van der Waals surface area contributed by atoms with Gasteiger partial charge in [0, 0.05) is 6.04 Å². The van der Waals surface area contributed by atoms with Crippen molar-refractivity contribution in [3.63, 3.8) is 0 Å². The van der Waals surface area contributed by atoms with Crippen molar-refractivity contribution in [1.29, 1.82) is 0 Å². The molecule has 2 aromatic carbocycles. The molecule has 1 atom stereocenters. The number of rotatable bonds is 6. The van der Waals surface area contributed by atoms with E-state index in [4.69, 9.17) is 0 Å². The van der Waals surface area contributed by atoms with Crippen LogP contribution in [0, 0.1) is 12.5 Å². The van der Waals surface area contributed by atoms with E-state index in [-0.39, 0.29) is 17.9 Å². The molecule has 4 heteroatoms. The van der Waals surface area contributed by atoms with Gasteiger partial charge < -0.3 is 14.7 Å². The summed E-state index contributed by atoms with van der Waals surface area (Å²) >= 11 is 0. The lowest BCUT2D eigenvalue weighted by Crippen LogP contribution is -2.34.